The van der Waals surface area contributed by atoms with Gasteiger partial charge in [-0.05, 0) is 32.4 Å². The van der Waals surface area contributed by atoms with Crippen LogP contribution in [-0.2, 0) is 11.8 Å². The van der Waals surface area contributed by atoms with Gasteiger partial charge in [0.2, 0.25) is 0 Å². The van der Waals surface area contributed by atoms with E-state index in [0.29, 0.717) is 24.1 Å². The lowest BCUT2D eigenvalue weighted by molar-refractivity contribution is 0.00570. The number of aromatic nitrogens is 2. The molecule has 1 N–H and O–H groups in total. The van der Waals surface area contributed by atoms with E-state index in [0.717, 1.165) is 19.5 Å². The molecule has 0 saturated carbocycles. The van der Waals surface area contributed by atoms with E-state index in [1.807, 2.05) is 0 Å². The maximum atomic E-state index is 12.3. The quantitative estimate of drug-likeness (QED) is 0.906. The average molecular weight is 313 g/mol. The maximum Gasteiger partial charge on any atom is 0.272 e. The number of hydrogen-bond acceptors (Lipinski definition) is 4. The number of hydrogen-bond donors (Lipinski definition) is 1. The van der Waals surface area contributed by atoms with Crippen LogP contribution in [0.2, 0.25) is 5.15 Å². The normalized spacial score (nSPS) is 27.0. The van der Waals surface area contributed by atoms with Gasteiger partial charge in [-0.3, -0.25) is 14.4 Å². The summed E-state index contributed by atoms with van der Waals surface area (Å²) in [5.74, 6) is -0.159. The molecule has 6 nitrogen and oxygen atoms in total. The van der Waals surface area contributed by atoms with E-state index in [9.17, 15) is 4.79 Å². The summed E-state index contributed by atoms with van der Waals surface area (Å²) < 4.78 is 7.10. The number of rotatable bonds is 3. The molecule has 0 aliphatic carbocycles. The van der Waals surface area contributed by atoms with Crippen molar-refractivity contribution in [2.75, 3.05) is 26.3 Å². The van der Waals surface area contributed by atoms with Gasteiger partial charge in [-0.15, -0.1) is 0 Å². The Morgan fingerprint density at radius 1 is 1.48 bits per heavy atom. The molecule has 2 saturated heterocycles. The highest BCUT2D eigenvalue weighted by Crippen LogP contribution is 2.20. The summed E-state index contributed by atoms with van der Waals surface area (Å²) in [5, 5.41) is 7.69. The predicted octanol–water partition coefficient (Wildman–Crippen LogP) is 1.06. The second-order valence-electron chi connectivity index (χ2n) is 5.73. The van der Waals surface area contributed by atoms with Crippen LogP contribution in [0.3, 0.4) is 0 Å². The zero-order valence-electron chi connectivity index (χ0n) is 12.2. The third-order valence-corrected chi connectivity index (χ3v) is 4.66. The lowest BCUT2D eigenvalue weighted by atomic mass is 10.0. The van der Waals surface area contributed by atoms with Crippen molar-refractivity contribution in [3.05, 3.63) is 16.9 Å². The molecule has 2 fully saturated rings. The molecule has 1 aromatic rings. The number of halogens is 1. The number of nitrogens with zero attached hydrogens (tertiary/aromatic N) is 3. The van der Waals surface area contributed by atoms with Crippen LogP contribution in [0, 0.1) is 0 Å². The Kier molecular flexibility index (Phi) is 4.47. The number of carbonyl (C=O) groups is 1. The molecule has 0 spiro atoms. The summed E-state index contributed by atoms with van der Waals surface area (Å²) in [7, 11) is 1.72. The van der Waals surface area contributed by atoms with Crippen LogP contribution in [0.15, 0.2) is 6.07 Å². The minimum Gasteiger partial charge on any atom is -0.380 e. The summed E-state index contributed by atoms with van der Waals surface area (Å²) in [6.45, 7) is 3.57. The minimum atomic E-state index is -0.159. The van der Waals surface area contributed by atoms with Crippen LogP contribution in [0.5, 0.6) is 0 Å². The van der Waals surface area contributed by atoms with Crippen LogP contribution in [0.25, 0.3) is 0 Å². The SMILES string of the molecule is Cn1nc(C(=O)NC2CCOCC2N2CCCC2)cc1Cl. The van der Waals surface area contributed by atoms with Gasteiger partial charge in [0.15, 0.2) is 5.69 Å². The predicted molar refractivity (Wildman–Crippen MR) is 79.5 cm³/mol. The molecule has 116 valence electrons. The zero-order valence-corrected chi connectivity index (χ0v) is 13.0. The van der Waals surface area contributed by atoms with Gasteiger partial charge in [0, 0.05) is 25.8 Å². The molecule has 1 aromatic heterocycles. The monoisotopic (exact) mass is 312 g/mol. The number of nitrogens with one attached hydrogen (secondary N) is 1. The third-order valence-electron chi connectivity index (χ3n) is 4.31. The standard InChI is InChI=1S/C14H21ClN4O2/c1-18-13(15)8-11(17-18)14(20)16-10-4-7-21-9-12(10)19-5-2-3-6-19/h8,10,12H,2-7,9H2,1H3,(H,16,20). The fourth-order valence-electron chi connectivity index (χ4n) is 3.12. The summed E-state index contributed by atoms with van der Waals surface area (Å²) in [6, 6.07) is 1.98. The second kappa shape index (κ2) is 6.34. The Hall–Kier alpha value is -1.11. The van der Waals surface area contributed by atoms with Crippen molar-refractivity contribution in [2.24, 2.45) is 7.05 Å². The van der Waals surface area contributed by atoms with E-state index in [1.54, 1.807) is 13.1 Å². The first-order valence-corrected chi connectivity index (χ1v) is 7.85. The minimum absolute atomic E-state index is 0.116. The fraction of sp³-hybridized carbons (Fsp3) is 0.714. The Bertz CT molecular complexity index is 494. The molecule has 0 bridgehead atoms. The number of carbonyl (C=O) groups excluding carboxylic acids is 1. The molecular formula is C14H21ClN4O2. The molecule has 21 heavy (non-hydrogen) atoms. The van der Waals surface area contributed by atoms with Crippen molar-refractivity contribution in [1.82, 2.24) is 20.0 Å². The fourth-order valence-corrected chi connectivity index (χ4v) is 3.26. The van der Waals surface area contributed by atoms with Gasteiger partial charge in [0.1, 0.15) is 5.15 Å². The number of ether oxygens (including phenoxy) is 1. The highest BCUT2D eigenvalue weighted by atomic mass is 35.5. The first-order valence-electron chi connectivity index (χ1n) is 7.47. The van der Waals surface area contributed by atoms with E-state index >= 15 is 0 Å². The summed E-state index contributed by atoms with van der Waals surface area (Å²) >= 11 is 5.94. The highest BCUT2D eigenvalue weighted by molar-refractivity contribution is 6.29. The van der Waals surface area contributed by atoms with Crippen molar-refractivity contribution >= 4 is 17.5 Å². The van der Waals surface area contributed by atoms with Gasteiger partial charge in [0.05, 0.1) is 12.6 Å². The highest BCUT2D eigenvalue weighted by Gasteiger charge is 2.33. The van der Waals surface area contributed by atoms with Gasteiger partial charge in [-0.2, -0.15) is 5.10 Å². The summed E-state index contributed by atoms with van der Waals surface area (Å²) in [6.07, 6.45) is 3.30. The van der Waals surface area contributed by atoms with E-state index in [1.165, 1.54) is 17.5 Å². The van der Waals surface area contributed by atoms with Gasteiger partial charge in [-0.1, -0.05) is 11.6 Å². The first-order chi connectivity index (χ1) is 10.1. The van der Waals surface area contributed by atoms with Crippen molar-refractivity contribution in [3.8, 4) is 0 Å². The van der Waals surface area contributed by atoms with Gasteiger partial charge in [0.25, 0.3) is 5.91 Å². The van der Waals surface area contributed by atoms with E-state index in [4.69, 9.17) is 16.3 Å². The number of likely N-dealkylation sites (tertiary alicyclic amines) is 1. The van der Waals surface area contributed by atoms with Gasteiger partial charge in [-0.25, -0.2) is 0 Å². The Morgan fingerprint density at radius 3 is 2.90 bits per heavy atom. The largest absolute Gasteiger partial charge is 0.380 e. The summed E-state index contributed by atoms with van der Waals surface area (Å²) in [4.78, 5) is 14.8. The molecule has 2 aliphatic rings. The first kappa shape index (κ1) is 14.8. The van der Waals surface area contributed by atoms with Crippen LogP contribution in [0.1, 0.15) is 29.8 Å². The molecule has 3 rings (SSSR count). The van der Waals surface area contributed by atoms with Crippen molar-refractivity contribution < 1.29 is 9.53 Å². The molecule has 0 radical (unpaired) electrons. The molecular weight excluding hydrogens is 292 g/mol. The van der Waals surface area contributed by atoms with Crippen LogP contribution in [0.4, 0.5) is 0 Å². The Balaban J connectivity index is 1.67. The molecule has 7 heteroatoms. The lowest BCUT2D eigenvalue weighted by Gasteiger charge is -2.37. The van der Waals surface area contributed by atoms with E-state index in [-0.39, 0.29) is 18.0 Å². The van der Waals surface area contributed by atoms with Gasteiger partial charge >= 0.3 is 0 Å². The van der Waals surface area contributed by atoms with Crippen molar-refractivity contribution in [1.29, 1.82) is 0 Å². The number of aryl methyl sites for hydroxylation is 1. The Morgan fingerprint density at radius 2 is 2.24 bits per heavy atom. The van der Waals surface area contributed by atoms with Crippen LogP contribution < -0.4 is 5.32 Å². The zero-order chi connectivity index (χ0) is 14.8. The lowest BCUT2D eigenvalue weighted by Crippen LogP contribution is -2.56. The van der Waals surface area contributed by atoms with Crippen LogP contribution >= 0.6 is 11.6 Å². The van der Waals surface area contributed by atoms with E-state index < -0.39 is 0 Å². The molecule has 2 unspecified atom stereocenters. The van der Waals surface area contributed by atoms with Crippen molar-refractivity contribution in [2.45, 2.75) is 31.3 Å². The molecule has 3 heterocycles. The second-order valence-corrected chi connectivity index (χ2v) is 6.12. The maximum absolute atomic E-state index is 12.3. The molecule has 0 aromatic carbocycles. The Labute approximate surface area is 129 Å². The van der Waals surface area contributed by atoms with Gasteiger partial charge < -0.3 is 10.1 Å². The third kappa shape index (κ3) is 3.22. The van der Waals surface area contributed by atoms with Crippen LogP contribution in [-0.4, -0.2) is 59.0 Å². The number of amides is 1. The molecule has 2 atom stereocenters. The summed E-state index contributed by atoms with van der Waals surface area (Å²) in [5.41, 5.74) is 0.370. The average Bonchev–Trinajstić information content (AvgIpc) is 3.10. The molecule has 2 aliphatic heterocycles. The molecule has 1 amide bonds. The van der Waals surface area contributed by atoms with E-state index in [2.05, 4.69) is 15.3 Å². The smallest absolute Gasteiger partial charge is 0.272 e. The topological polar surface area (TPSA) is 59.4 Å². The van der Waals surface area contributed by atoms with Crippen molar-refractivity contribution in [3.63, 3.8) is 0 Å².